The SMILES string of the molecule is CCc1nn(-c2cc(Cl)ccc2C(N)=O)c(CC)c1N. The smallest absolute Gasteiger partial charge is 0.250 e. The molecule has 2 rings (SSSR count). The van der Waals surface area contributed by atoms with E-state index in [4.69, 9.17) is 23.1 Å². The highest BCUT2D eigenvalue weighted by molar-refractivity contribution is 6.31. The van der Waals surface area contributed by atoms with E-state index in [2.05, 4.69) is 5.10 Å². The van der Waals surface area contributed by atoms with Crippen LogP contribution >= 0.6 is 11.6 Å². The van der Waals surface area contributed by atoms with Gasteiger partial charge >= 0.3 is 0 Å². The highest BCUT2D eigenvalue weighted by Crippen LogP contribution is 2.26. The van der Waals surface area contributed by atoms with Gasteiger partial charge in [0.1, 0.15) is 0 Å². The van der Waals surface area contributed by atoms with Crippen molar-refractivity contribution in [2.45, 2.75) is 26.7 Å². The van der Waals surface area contributed by atoms with Gasteiger partial charge in [-0.05, 0) is 31.0 Å². The number of nitrogens with two attached hydrogens (primary N) is 2. The topological polar surface area (TPSA) is 86.9 Å². The van der Waals surface area contributed by atoms with Gasteiger partial charge in [-0.25, -0.2) is 4.68 Å². The first kappa shape index (κ1) is 14.4. The Morgan fingerprint density at radius 3 is 2.60 bits per heavy atom. The molecule has 0 aliphatic rings. The number of anilines is 1. The van der Waals surface area contributed by atoms with Crippen LogP contribution in [0.4, 0.5) is 5.69 Å². The molecular formula is C14H17ClN4O. The summed E-state index contributed by atoms with van der Waals surface area (Å²) in [5, 5.41) is 4.99. The molecule has 20 heavy (non-hydrogen) atoms. The van der Waals surface area contributed by atoms with Gasteiger partial charge in [0, 0.05) is 5.02 Å². The second-order valence-corrected chi connectivity index (χ2v) is 4.89. The molecule has 0 spiro atoms. The first-order chi connectivity index (χ1) is 9.49. The number of amides is 1. The summed E-state index contributed by atoms with van der Waals surface area (Å²) in [6.45, 7) is 3.97. The fraction of sp³-hybridized carbons (Fsp3) is 0.286. The number of aryl methyl sites for hydroxylation is 1. The van der Waals surface area contributed by atoms with Gasteiger partial charge in [-0.15, -0.1) is 0 Å². The number of nitrogens with zero attached hydrogens (tertiary/aromatic N) is 2. The van der Waals surface area contributed by atoms with Crippen LogP contribution in [0.25, 0.3) is 5.69 Å². The number of aromatic nitrogens is 2. The molecule has 0 saturated carbocycles. The number of rotatable bonds is 4. The van der Waals surface area contributed by atoms with Crippen LogP contribution < -0.4 is 11.5 Å². The van der Waals surface area contributed by atoms with Crippen molar-refractivity contribution in [1.82, 2.24) is 9.78 Å². The van der Waals surface area contributed by atoms with Gasteiger partial charge in [-0.1, -0.05) is 25.4 Å². The van der Waals surface area contributed by atoms with Crippen molar-refractivity contribution in [2.75, 3.05) is 5.73 Å². The zero-order chi connectivity index (χ0) is 14.9. The predicted molar refractivity (Wildman–Crippen MR) is 80.3 cm³/mol. The van der Waals surface area contributed by atoms with E-state index in [0.29, 0.717) is 28.4 Å². The number of hydrogen-bond acceptors (Lipinski definition) is 3. The molecule has 0 fully saturated rings. The molecule has 6 heteroatoms. The van der Waals surface area contributed by atoms with Crippen molar-refractivity contribution in [2.24, 2.45) is 5.73 Å². The van der Waals surface area contributed by atoms with Crippen LogP contribution in [-0.4, -0.2) is 15.7 Å². The van der Waals surface area contributed by atoms with E-state index < -0.39 is 5.91 Å². The summed E-state index contributed by atoms with van der Waals surface area (Å²) in [5.41, 5.74) is 14.8. The van der Waals surface area contributed by atoms with Gasteiger partial charge in [0.25, 0.3) is 5.91 Å². The van der Waals surface area contributed by atoms with Gasteiger partial charge in [0.15, 0.2) is 0 Å². The molecule has 2 aromatic rings. The second kappa shape index (κ2) is 5.54. The average molecular weight is 293 g/mol. The molecule has 0 bridgehead atoms. The Hall–Kier alpha value is -2.01. The molecule has 1 heterocycles. The monoisotopic (exact) mass is 292 g/mol. The average Bonchev–Trinajstić information content (AvgIpc) is 2.74. The second-order valence-electron chi connectivity index (χ2n) is 4.45. The lowest BCUT2D eigenvalue weighted by molar-refractivity contribution is 0.1000. The van der Waals surface area contributed by atoms with Gasteiger partial charge < -0.3 is 11.5 Å². The van der Waals surface area contributed by atoms with Crippen molar-refractivity contribution in [3.63, 3.8) is 0 Å². The Morgan fingerprint density at radius 1 is 1.35 bits per heavy atom. The molecule has 0 atom stereocenters. The van der Waals surface area contributed by atoms with Gasteiger partial charge in [0.2, 0.25) is 0 Å². The first-order valence-electron chi connectivity index (χ1n) is 6.45. The Morgan fingerprint density at radius 2 is 2.05 bits per heavy atom. The molecule has 0 radical (unpaired) electrons. The summed E-state index contributed by atoms with van der Waals surface area (Å²) in [4.78, 5) is 11.6. The van der Waals surface area contributed by atoms with Crippen molar-refractivity contribution in [3.05, 3.63) is 40.2 Å². The normalized spacial score (nSPS) is 10.8. The van der Waals surface area contributed by atoms with Crippen LogP contribution in [0.5, 0.6) is 0 Å². The van der Waals surface area contributed by atoms with E-state index in [-0.39, 0.29) is 0 Å². The maximum absolute atomic E-state index is 11.6. The Labute approximate surface area is 122 Å². The third-order valence-corrected chi connectivity index (χ3v) is 3.46. The number of hydrogen-bond donors (Lipinski definition) is 2. The van der Waals surface area contributed by atoms with Gasteiger partial charge in [0.05, 0.1) is 28.3 Å². The molecule has 4 N–H and O–H groups in total. The van der Waals surface area contributed by atoms with Crippen molar-refractivity contribution < 1.29 is 4.79 Å². The summed E-state index contributed by atoms with van der Waals surface area (Å²) in [6.07, 6.45) is 1.42. The Bertz CT molecular complexity index is 663. The fourth-order valence-corrected chi connectivity index (χ4v) is 2.37. The highest BCUT2D eigenvalue weighted by atomic mass is 35.5. The van der Waals surface area contributed by atoms with Gasteiger partial charge in [-0.3, -0.25) is 4.79 Å². The summed E-state index contributed by atoms with van der Waals surface area (Å²) in [7, 11) is 0. The molecule has 5 nitrogen and oxygen atoms in total. The van der Waals surface area contributed by atoms with E-state index >= 15 is 0 Å². The summed E-state index contributed by atoms with van der Waals surface area (Å²) in [6, 6.07) is 4.90. The highest BCUT2D eigenvalue weighted by Gasteiger charge is 2.18. The Balaban J connectivity index is 2.73. The summed E-state index contributed by atoms with van der Waals surface area (Å²) >= 11 is 6.02. The van der Waals surface area contributed by atoms with E-state index in [0.717, 1.165) is 17.8 Å². The van der Waals surface area contributed by atoms with E-state index in [1.54, 1.807) is 22.9 Å². The van der Waals surface area contributed by atoms with E-state index in [1.165, 1.54) is 0 Å². The maximum Gasteiger partial charge on any atom is 0.250 e. The first-order valence-corrected chi connectivity index (χ1v) is 6.83. The quantitative estimate of drug-likeness (QED) is 0.906. The van der Waals surface area contributed by atoms with Crippen LogP contribution in [0.1, 0.15) is 35.6 Å². The van der Waals surface area contributed by atoms with Crippen molar-refractivity contribution >= 4 is 23.2 Å². The molecule has 0 aliphatic carbocycles. The number of nitrogen functional groups attached to an aromatic ring is 1. The molecule has 1 aromatic carbocycles. The molecule has 106 valence electrons. The largest absolute Gasteiger partial charge is 0.396 e. The van der Waals surface area contributed by atoms with Crippen molar-refractivity contribution in [3.8, 4) is 5.69 Å². The summed E-state index contributed by atoms with van der Waals surface area (Å²) < 4.78 is 1.67. The fourth-order valence-electron chi connectivity index (χ4n) is 2.20. The van der Waals surface area contributed by atoms with Gasteiger partial charge in [-0.2, -0.15) is 5.10 Å². The number of halogens is 1. The third-order valence-electron chi connectivity index (χ3n) is 3.22. The maximum atomic E-state index is 11.6. The number of carbonyl (C=O) groups excluding carboxylic acids is 1. The van der Waals surface area contributed by atoms with Crippen LogP contribution in [0.15, 0.2) is 18.2 Å². The van der Waals surface area contributed by atoms with Crippen molar-refractivity contribution in [1.29, 1.82) is 0 Å². The standard InChI is InChI=1S/C14H17ClN4O/c1-3-10-13(16)11(4-2)19(18-10)12-7-8(15)5-6-9(12)14(17)20/h5-7H,3-4,16H2,1-2H3,(H2,17,20). The number of carbonyl (C=O) groups is 1. The summed E-state index contributed by atoms with van der Waals surface area (Å²) in [5.74, 6) is -0.522. The van der Waals surface area contributed by atoms with Crippen LogP contribution in [0.2, 0.25) is 5.02 Å². The molecule has 1 aromatic heterocycles. The Kier molecular flexibility index (Phi) is 3.99. The molecule has 0 saturated heterocycles. The van der Waals surface area contributed by atoms with Crippen LogP contribution in [0, 0.1) is 0 Å². The lowest BCUT2D eigenvalue weighted by atomic mass is 10.1. The molecule has 0 aliphatic heterocycles. The minimum Gasteiger partial charge on any atom is -0.396 e. The lowest BCUT2D eigenvalue weighted by Gasteiger charge is -2.10. The van der Waals surface area contributed by atoms with E-state index in [9.17, 15) is 4.79 Å². The zero-order valence-electron chi connectivity index (χ0n) is 11.5. The minimum atomic E-state index is -0.522. The third kappa shape index (κ3) is 2.36. The van der Waals surface area contributed by atoms with E-state index in [1.807, 2.05) is 13.8 Å². The minimum absolute atomic E-state index is 0.370. The van der Waals surface area contributed by atoms with Crippen LogP contribution in [-0.2, 0) is 12.8 Å². The predicted octanol–water partition coefficient (Wildman–Crippen LogP) is 2.33. The molecule has 1 amide bonds. The van der Waals surface area contributed by atoms with Crippen LogP contribution in [0.3, 0.4) is 0 Å². The zero-order valence-corrected chi connectivity index (χ0v) is 12.2. The number of benzene rings is 1. The number of primary amides is 1. The molecular weight excluding hydrogens is 276 g/mol. The lowest BCUT2D eigenvalue weighted by Crippen LogP contribution is -2.16. The molecule has 0 unspecified atom stereocenters.